The first-order valence-corrected chi connectivity index (χ1v) is 21.2. The van der Waals surface area contributed by atoms with E-state index in [4.69, 9.17) is 0 Å². The van der Waals surface area contributed by atoms with Crippen LogP contribution in [0.1, 0.15) is 11.9 Å². The summed E-state index contributed by atoms with van der Waals surface area (Å²) in [5, 5.41) is 16.8. The molecule has 2 unspecified atom stereocenters. The first-order valence-electron chi connectivity index (χ1n) is 21.2. The maximum absolute atomic E-state index is 4.12. The molecular weight excluding hydrogens is 741 g/mol. The van der Waals surface area contributed by atoms with Crippen molar-refractivity contribution in [3.05, 3.63) is 217 Å². The molecule has 2 atom stereocenters. The highest BCUT2D eigenvalue weighted by molar-refractivity contribution is 6.45. The summed E-state index contributed by atoms with van der Waals surface area (Å²) < 4.78 is 5.10. The number of para-hydroxylation sites is 2. The molecule has 0 fully saturated rings. The topological polar surface area (TPSA) is 25.1 Å². The highest BCUT2D eigenvalue weighted by atomic mass is 15.4. The zero-order valence-corrected chi connectivity index (χ0v) is 33.6. The van der Waals surface area contributed by atoms with Crippen molar-refractivity contribution in [3.8, 4) is 16.8 Å². The summed E-state index contributed by atoms with van der Waals surface area (Å²) in [6.45, 7) is 0. The predicted octanol–water partition coefficient (Wildman–Crippen LogP) is 13.9. The Bertz CT molecular complexity index is 3680. The Morgan fingerprint density at radius 1 is 0.426 bits per heavy atom. The number of aromatic nitrogens is 2. The number of fused-ring (bicyclic) bond motifs is 16. The summed E-state index contributed by atoms with van der Waals surface area (Å²) >= 11 is 0. The van der Waals surface area contributed by atoms with E-state index in [0.29, 0.717) is 0 Å². The van der Waals surface area contributed by atoms with E-state index in [1.807, 2.05) is 0 Å². The van der Waals surface area contributed by atoms with E-state index < -0.39 is 0 Å². The van der Waals surface area contributed by atoms with Crippen molar-refractivity contribution >= 4 is 81.6 Å². The van der Waals surface area contributed by atoms with Crippen LogP contribution in [0, 0.1) is 0 Å². The fourth-order valence-corrected chi connectivity index (χ4v) is 10.8. The second-order valence-corrected chi connectivity index (χ2v) is 16.5. The molecule has 4 heteroatoms. The highest BCUT2D eigenvalue weighted by Gasteiger charge is 2.35. The van der Waals surface area contributed by atoms with Crippen molar-refractivity contribution in [2.75, 3.05) is 7.05 Å². The van der Waals surface area contributed by atoms with Gasteiger partial charge >= 0.3 is 0 Å². The standard InChI is InChI=1S/C57H40N4/c1-59-54(38-20-6-3-7-21-38)44-26-12-15-29-47(44)58-57(59)61-49-31-17-14-28-46(49)53-51-40-22-8-10-24-42(40)55-52(50(51)41-23-9-11-25-43(41)56(53)61)45-27-13-16-30-48(45)60(55)39-34-32-37(33-35-39)36-18-4-2-5-19-36/h2-35,47,57-58H,1H3. The minimum Gasteiger partial charge on any atom is -0.341 e. The van der Waals surface area contributed by atoms with Gasteiger partial charge in [-0.05, 0) is 57.3 Å². The Hall–Kier alpha value is -7.66. The first-order chi connectivity index (χ1) is 30.2. The molecule has 2 aliphatic rings. The molecule has 11 aromatic rings. The molecule has 3 heterocycles. The highest BCUT2D eigenvalue weighted by Crippen LogP contribution is 2.51. The van der Waals surface area contributed by atoms with Crippen LogP contribution in [0.3, 0.4) is 0 Å². The zero-order valence-electron chi connectivity index (χ0n) is 33.6. The van der Waals surface area contributed by atoms with E-state index in [1.165, 1.54) is 104 Å². The molecule has 2 aromatic heterocycles. The third kappa shape index (κ3) is 4.85. The minimum atomic E-state index is -0.181. The van der Waals surface area contributed by atoms with Crippen molar-refractivity contribution in [2.24, 2.45) is 0 Å². The van der Waals surface area contributed by atoms with Gasteiger partial charge in [0.15, 0.2) is 6.29 Å². The molecule has 1 N–H and O–H groups in total. The molecular formula is C57H40N4. The van der Waals surface area contributed by atoms with Crippen LogP contribution >= 0.6 is 0 Å². The van der Waals surface area contributed by atoms with Gasteiger partial charge in [0.25, 0.3) is 0 Å². The molecule has 0 spiro atoms. The van der Waals surface area contributed by atoms with Gasteiger partial charge in [0.05, 0.1) is 33.8 Å². The van der Waals surface area contributed by atoms with Crippen LogP contribution in [-0.4, -0.2) is 27.1 Å². The normalized spacial score (nSPS) is 16.6. The van der Waals surface area contributed by atoms with Gasteiger partial charge in [-0.25, -0.2) is 0 Å². The maximum atomic E-state index is 4.12. The lowest BCUT2D eigenvalue weighted by Crippen LogP contribution is -2.49. The number of rotatable bonds is 4. The Labute approximate surface area is 353 Å². The minimum absolute atomic E-state index is 0.0534. The molecule has 1 aliphatic heterocycles. The second-order valence-electron chi connectivity index (χ2n) is 16.5. The summed E-state index contributed by atoms with van der Waals surface area (Å²) in [4.78, 5) is 2.45. The van der Waals surface area contributed by atoms with Gasteiger partial charge in [-0.1, -0.05) is 182 Å². The molecule has 13 rings (SSSR count). The van der Waals surface area contributed by atoms with Gasteiger partial charge in [0, 0.05) is 55.8 Å². The van der Waals surface area contributed by atoms with Gasteiger partial charge in [-0.3, -0.25) is 5.32 Å². The van der Waals surface area contributed by atoms with Crippen molar-refractivity contribution in [3.63, 3.8) is 0 Å². The molecule has 61 heavy (non-hydrogen) atoms. The average molecular weight is 781 g/mol. The van der Waals surface area contributed by atoms with E-state index in [9.17, 15) is 0 Å². The van der Waals surface area contributed by atoms with Crippen LogP contribution in [0.5, 0.6) is 0 Å². The van der Waals surface area contributed by atoms with Crippen LogP contribution in [0.25, 0.3) is 98.4 Å². The number of nitrogens with zero attached hydrogens (tertiary/aromatic N) is 3. The molecule has 0 bridgehead atoms. The molecule has 288 valence electrons. The zero-order chi connectivity index (χ0) is 40.2. The Balaban J connectivity index is 1.18. The van der Waals surface area contributed by atoms with Crippen molar-refractivity contribution in [2.45, 2.75) is 12.3 Å². The monoisotopic (exact) mass is 780 g/mol. The predicted molar refractivity (Wildman–Crippen MR) is 257 cm³/mol. The molecule has 0 amide bonds. The lowest BCUT2D eigenvalue weighted by Gasteiger charge is -2.43. The quantitative estimate of drug-likeness (QED) is 0.180. The lowest BCUT2D eigenvalue weighted by molar-refractivity contribution is 0.199. The van der Waals surface area contributed by atoms with Gasteiger partial charge in [0.2, 0.25) is 0 Å². The first kappa shape index (κ1) is 34.2. The van der Waals surface area contributed by atoms with Crippen LogP contribution in [0.15, 0.2) is 212 Å². The maximum Gasteiger partial charge on any atom is 0.162 e. The largest absolute Gasteiger partial charge is 0.341 e. The summed E-state index contributed by atoms with van der Waals surface area (Å²) in [6.07, 6.45) is 8.72. The molecule has 4 nitrogen and oxygen atoms in total. The molecule has 9 aromatic carbocycles. The number of allylic oxidation sites excluding steroid dienone is 2. The lowest BCUT2D eigenvalue weighted by atomic mass is 9.89. The Morgan fingerprint density at radius 2 is 0.934 bits per heavy atom. The number of benzene rings is 9. The number of hydrogen-bond donors (Lipinski definition) is 1. The van der Waals surface area contributed by atoms with Crippen molar-refractivity contribution in [1.82, 2.24) is 19.4 Å². The van der Waals surface area contributed by atoms with E-state index in [1.54, 1.807) is 0 Å². The van der Waals surface area contributed by atoms with E-state index >= 15 is 0 Å². The summed E-state index contributed by atoms with van der Waals surface area (Å²) in [5.74, 6) is 0. The average Bonchev–Trinajstić information content (AvgIpc) is 3.86. The molecule has 1 aliphatic carbocycles. The van der Waals surface area contributed by atoms with Crippen LogP contribution in [0.2, 0.25) is 0 Å². The fourth-order valence-electron chi connectivity index (χ4n) is 10.8. The Kier molecular flexibility index (Phi) is 7.39. The summed E-state index contributed by atoms with van der Waals surface area (Å²) in [7, 11) is 2.25. The van der Waals surface area contributed by atoms with Crippen LogP contribution in [0.4, 0.5) is 0 Å². The number of hydrogen-bond acceptors (Lipinski definition) is 2. The van der Waals surface area contributed by atoms with Crippen molar-refractivity contribution in [1.29, 1.82) is 0 Å². The van der Waals surface area contributed by atoms with Gasteiger partial charge in [0.1, 0.15) is 0 Å². The third-order valence-electron chi connectivity index (χ3n) is 13.3. The van der Waals surface area contributed by atoms with Gasteiger partial charge in [-0.15, -0.1) is 0 Å². The number of nitrogens with one attached hydrogen (secondary N) is 1. The van der Waals surface area contributed by atoms with E-state index in [-0.39, 0.29) is 12.3 Å². The van der Waals surface area contributed by atoms with Crippen LogP contribution < -0.4 is 5.32 Å². The summed E-state index contributed by atoms with van der Waals surface area (Å²) in [5.41, 5.74) is 12.2. The fraction of sp³-hybridized carbons (Fsp3) is 0.0526. The third-order valence-corrected chi connectivity index (χ3v) is 13.3. The smallest absolute Gasteiger partial charge is 0.162 e. The van der Waals surface area contributed by atoms with E-state index in [0.717, 1.165) is 5.69 Å². The van der Waals surface area contributed by atoms with Crippen LogP contribution in [-0.2, 0) is 0 Å². The molecule has 0 radical (unpaired) electrons. The van der Waals surface area contributed by atoms with Gasteiger partial charge < -0.3 is 14.0 Å². The SMILES string of the molecule is CN1C(c2ccccc2)=C2C=CC=CC2NC1n1c2ccccc2c2c3c4ccccc4c4c(c5ccccc5n4-c4ccc(-c5ccccc5)cc4)c3c3ccccc3c21. The van der Waals surface area contributed by atoms with E-state index in [2.05, 4.69) is 233 Å². The molecule has 0 saturated carbocycles. The summed E-state index contributed by atoms with van der Waals surface area (Å²) in [6, 6.07) is 67.0. The van der Waals surface area contributed by atoms with Gasteiger partial charge in [-0.2, -0.15) is 0 Å². The second kappa shape index (κ2) is 13.2. The molecule has 0 saturated heterocycles. The van der Waals surface area contributed by atoms with Crippen molar-refractivity contribution < 1.29 is 0 Å². The Morgan fingerprint density at radius 3 is 1.61 bits per heavy atom.